The van der Waals surface area contributed by atoms with Crippen LogP contribution in [0.5, 0.6) is 0 Å². The predicted molar refractivity (Wildman–Crippen MR) is 156 cm³/mol. The molecule has 0 saturated carbocycles. The summed E-state index contributed by atoms with van der Waals surface area (Å²) in [6.45, 7) is 6.72. The standard InChI is InChI=1S/C28H43N3O11S/c1-14-10-18-23(29)20(32)13-19(26(18)42-43(36,37)38)31-27(34)15(2)8-7-9-21(39-5)25(41-28(30)35)17(4)12-16(3)24(33)22(11-14)40-6/h7-9,12-14,16,20-22,24-26,32-33H,10-11,29H2,1-6H3,(H2,30,35)(H,31,34)(H,36,37,38)/b9-7+,15-8-,17-12+/t14-,16+,20?,21+,22+,24-,25-,26?/m1/s1. The molecule has 2 rings (SSSR count). The smallest absolute Gasteiger partial charge is 0.405 e. The minimum Gasteiger partial charge on any atom is -0.439 e. The lowest BCUT2D eigenvalue weighted by molar-refractivity contribution is -0.117. The Labute approximate surface area is 252 Å². The van der Waals surface area contributed by atoms with Crippen LogP contribution in [-0.2, 0) is 33.6 Å². The van der Waals surface area contributed by atoms with Crippen LogP contribution in [0.25, 0.3) is 0 Å². The molecule has 0 saturated heterocycles. The van der Waals surface area contributed by atoms with Gasteiger partial charge < -0.3 is 41.2 Å². The number of ether oxygens (including phenoxy) is 3. The molecule has 0 fully saturated rings. The molecule has 2 unspecified atom stereocenters. The zero-order valence-electron chi connectivity index (χ0n) is 25.1. The number of nitrogens with one attached hydrogen (secondary N) is 1. The number of hydrogen-bond donors (Lipinski definition) is 6. The summed E-state index contributed by atoms with van der Waals surface area (Å²) >= 11 is 0. The van der Waals surface area contributed by atoms with Gasteiger partial charge in [-0.15, -0.1) is 0 Å². The van der Waals surface area contributed by atoms with E-state index in [0.717, 1.165) is 6.08 Å². The molecule has 0 radical (unpaired) electrons. The summed E-state index contributed by atoms with van der Waals surface area (Å²) < 4.78 is 54.5. The Morgan fingerprint density at radius 2 is 1.77 bits per heavy atom. The van der Waals surface area contributed by atoms with Crippen molar-refractivity contribution in [2.75, 3.05) is 14.2 Å². The number of hydrogen-bond acceptors (Lipinski definition) is 11. The fourth-order valence-corrected chi connectivity index (χ4v) is 5.54. The molecule has 0 aromatic carbocycles. The van der Waals surface area contributed by atoms with Gasteiger partial charge in [0, 0.05) is 31.4 Å². The number of primary amides is 1. The average molecular weight is 630 g/mol. The molecular formula is C28H43N3O11S. The van der Waals surface area contributed by atoms with Gasteiger partial charge in [-0.25, -0.2) is 8.98 Å². The van der Waals surface area contributed by atoms with Crippen LogP contribution in [0.1, 0.15) is 40.5 Å². The summed E-state index contributed by atoms with van der Waals surface area (Å²) in [5.74, 6) is -1.52. The Morgan fingerprint density at radius 3 is 2.33 bits per heavy atom. The fourth-order valence-electron chi connectivity index (χ4n) is 5.08. The van der Waals surface area contributed by atoms with Crippen LogP contribution in [0.4, 0.5) is 4.79 Å². The van der Waals surface area contributed by atoms with Crippen LogP contribution in [0.2, 0.25) is 0 Å². The van der Waals surface area contributed by atoms with Gasteiger partial charge in [0.05, 0.1) is 17.9 Å². The van der Waals surface area contributed by atoms with Crippen LogP contribution < -0.4 is 16.8 Å². The van der Waals surface area contributed by atoms with Gasteiger partial charge in [0.2, 0.25) is 0 Å². The van der Waals surface area contributed by atoms with Crippen LogP contribution in [0.3, 0.4) is 0 Å². The highest BCUT2D eigenvalue weighted by Crippen LogP contribution is 2.33. The van der Waals surface area contributed by atoms with E-state index in [2.05, 4.69) is 5.32 Å². The first-order chi connectivity index (χ1) is 20.0. The van der Waals surface area contributed by atoms with E-state index in [0.29, 0.717) is 5.57 Å². The van der Waals surface area contributed by atoms with Crippen molar-refractivity contribution in [3.63, 3.8) is 0 Å². The van der Waals surface area contributed by atoms with Gasteiger partial charge in [-0.2, -0.15) is 8.42 Å². The SMILES string of the molecule is CO[C@H]1/C=C/C=C(/C)C(=O)NC2=CC(O)C(N)=C(C[C@@H](C)C[C@H](OC)[C@H](O)[C@@H](C)/C=C(\C)[C@H]1OC(N)=O)C2OS(=O)(=O)O. The largest absolute Gasteiger partial charge is 0.439 e. The van der Waals surface area contributed by atoms with Gasteiger partial charge in [-0.3, -0.25) is 9.35 Å². The summed E-state index contributed by atoms with van der Waals surface area (Å²) in [6, 6.07) is 0. The summed E-state index contributed by atoms with van der Waals surface area (Å²) in [5, 5.41) is 24.4. The van der Waals surface area contributed by atoms with Crippen molar-refractivity contribution in [3.05, 3.63) is 58.5 Å². The second-order valence-electron chi connectivity index (χ2n) is 10.8. The number of aliphatic hydroxyl groups is 2. The quantitative estimate of drug-likeness (QED) is 0.186. The minimum atomic E-state index is -5.04. The second-order valence-corrected chi connectivity index (χ2v) is 11.8. The van der Waals surface area contributed by atoms with E-state index < -0.39 is 64.9 Å². The predicted octanol–water partition coefficient (Wildman–Crippen LogP) is 1.13. The fraction of sp³-hybridized carbons (Fsp3) is 0.571. The molecular weight excluding hydrogens is 586 g/mol. The van der Waals surface area contributed by atoms with E-state index in [-0.39, 0.29) is 41.3 Å². The molecule has 43 heavy (non-hydrogen) atoms. The normalized spacial score (nSPS) is 35.1. The van der Waals surface area contributed by atoms with Crippen molar-refractivity contribution in [1.82, 2.24) is 5.32 Å². The van der Waals surface area contributed by atoms with Crippen molar-refractivity contribution in [1.29, 1.82) is 0 Å². The number of amides is 2. The average Bonchev–Trinajstić information content (AvgIpc) is 2.91. The topological polar surface area (TPSA) is 230 Å². The molecule has 2 aliphatic rings. The first-order valence-electron chi connectivity index (χ1n) is 13.6. The second kappa shape index (κ2) is 15.6. The molecule has 2 amide bonds. The Balaban J connectivity index is 2.67. The molecule has 1 heterocycles. The number of methoxy groups -OCH3 is 2. The third-order valence-corrected chi connectivity index (χ3v) is 7.76. The highest BCUT2D eigenvalue weighted by atomic mass is 32.3. The lowest BCUT2D eigenvalue weighted by Crippen LogP contribution is -2.41. The molecule has 8 N–H and O–H groups in total. The molecule has 1 aliphatic heterocycles. The monoisotopic (exact) mass is 629 g/mol. The Morgan fingerprint density at radius 1 is 1.12 bits per heavy atom. The van der Waals surface area contributed by atoms with Crippen molar-refractivity contribution in [2.24, 2.45) is 23.3 Å². The van der Waals surface area contributed by atoms with E-state index in [4.69, 9.17) is 29.9 Å². The molecule has 1 aliphatic carbocycles. The molecule has 242 valence electrons. The van der Waals surface area contributed by atoms with Gasteiger partial charge in [0.25, 0.3) is 5.91 Å². The maximum atomic E-state index is 13.1. The minimum absolute atomic E-state index is 0.0493. The van der Waals surface area contributed by atoms with Gasteiger partial charge in [-0.1, -0.05) is 38.2 Å². The van der Waals surface area contributed by atoms with E-state index in [9.17, 15) is 32.8 Å². The molecule has 0 spiro atoms. The number of carbonyl (C=O) groups excluding carboxylic acids is 2. The number of carbonyl (C=O) groups is 2. The number of aliphatic hydroxyl groups excluding tert-OH is 2. The van der Waals surface area contributed by atoms with Crippen LogP contribution >= 0.6 is 0 Å². The van der Waals surface area contributed by atoms with Crippen molar-refractivity contribution in [2.45, 2.75) is 77.2 Å². The van der Waals surface area contributed by atoms with Gasteiger partial charge in [0.15, 0.2) is 6.10 Å². The molecule has 15 heteroatoms. The Bertz CT molecular complexity index is 1290. The number of rotatable bonds is 5. The highest BCUT2D eigenvalue weighted by molar-refractivity contribution is 7.80. The third kappa shape index (κ3) is 10.3. The van der Waals surface area contributed by atoms with Crippen LogP contribution in [0, 0.1) is 11.8 Å². The maximum absolute atomic E-state index is 13.1. The summed E-state index contributed by atoms with van der Waals surface area (Å²) in [7, 11) is -2.21. The van der Waals surface area contributed by atoms with Crippen LogP contribution in [-0.4, -0.2) is 86.0 Å². The molecule has 8 atom stereocenters. The summed E-state index contributed by atoms with van der Waals surface area (Å²) in [4.78, 5) is 24.8. The Kier molecular flexibility index (Phi) is 13.1. The van der Waals surface area contributed by atoms with E-state index in [1.54, 1.807) is 26.8 Å². The molecule has 0 aromatic heterocycles. The molecule has 14 nitrogen and oxygen atoms in total. The maximum Gasteiger partial charge on any atom is 0.405 e. The third-order valence-electron chi connectivity index (χ3n) is 7.32. The van der Waals surface area contributed by atoms with E-state index in [1.165, 1.54) is 39.4 Å². The highest BCUT2D eigenvalue weighted by Gasteiger charge is 2.36. The molecule has 2 bridgehead atoms. The zero-order chi connectivity index (χ0) is 32.6. The van der Waals surface area contributed by atoms with E-state index in [1.807, 2.05) is 0 Å². The first kappa shape index (κ1) is 36.1. The van der Waals surface area contributed by atoms with Crippen molar-refractivity contribution in [3.8, 4) is 0 Å². The zero-order valence-corrected chi connectivity index (χ0v) is 25.9. The Hall–Kier alpha value is -3.05. The van der Waals surface area contributed by atoms with Gasteiger partial charge >= 0.3 is 16.5 Å². The lowest BCUT2D eigenvalue weighted by atomic mass is 9.84. The van der Waals surface area contributed by atoms with Gasteiger partial charge in [-0.05, 0) is 49.8 Å². The van der Waals surface area contributed by atoms with Gasteiger partial charge in [0.1, 0.15) is 18.3 Å². The van der Waals surface area contributed by atoms with E-state index >= 15 is 0 Å². The number of allylic oxidation sites excluding steroid dienone is 2. The number of fused-ring (bicyclic) bond motifs is 2. The van der Waals surface area contributed by atoms with Crippen LogP contribution in [0.15, 0.2) is 58.5 Å². The summed E-state index contributed by atoms with van der Waals surface area (Å²) in [5.41, 5.74) is 12.0. The number of nitrogens with two attached hydrogens (primary N) is 2. The lowest BCUT2D eigenvalue weighted by Gasteiger charge is -2.33. The first-order valence-corrected chi connectivity index (χ1v) is 14.9. The van der Waals surface area contributed by atoms with Crippen molar-refractivity contribution >= 4 is 22.4 Å². The van der Waals surface area contributed by atoms with Crippen molar-refractivity contribution < 1.29 is 51.2 Å². The summed E-state index contributed by atoms with van der Waals surface area (Å²) in [6.07, 6.45) is 0.0524. The molecule has 0 aromatic rings.